The smallest absolute Gasteiger partial charge is 0.423 e. The number of benzene rings is 1. The first-order valence-corrected chi connectivity index (χ1v) is 9.24. The van der Waals surface area contributed by atoms with Gasteiger partial charge in [-0.3, -0.25) is 9.97 Å². The fourth-order valence-corrected chi connectivity index (χ4v) is 4.75. The van der Waals surface area contributed by atoms with Crippen molar-refractivity contribution in [3.8, 4) is 22.5 Å². The molecular weight excluding hydrogens is 335 g/mol. The highest BCUT2D eigenvalue weighted by Crippen LogP contribution is 2.54. The third-order valence-corrected chi connectivity index (χ3v) is 6.38. The van der Waals surface area contributed by atoms with Crippen molar-refractivity contribution in [3.63, 3.8) is 0 Å². The summed E-state index contributed by atoms with van der Waals surface area (Å²) in [5.41, 5.74) is 9.14. The largest absolute Gasteiger partial charge is 0.490 e. The maximum Gasteiger partial charge on any atom is 0.490 e. The van der Waals surface area contributed by atoms with E-state index >= 15 is 0 Å². The van der Waals surface area contributed by atoms with E-state index in [-0.39, 0.29) is 10.8 Å². The van der Waals surface area contributed by atoms with Crippen LogP contribution < -0.4 is 5.46 Å². The van der Waals surface area contributed by atoms with Crippen molar-refractivity contribution >= 4 is 12.6 Å². The van der Waals surface area contributed by atoms with Crippen LogP contribution in [0.3, 0.4) is 0 Å². The number of fused-ring (bicyclic) bond motifs is 6. The quantitative estimate of drug-likeness (QED) is 0.658. The molecule has 2 heterocycles. The molecule has 0 fully saturated rings. The molecule has 0 saturated heterocycles. The lowest BCUT2D eigenvalue weighted by Gasteiger charge is -2.24. The topological polar surface area (TPSA) is 66.2 Å². The Bertz CT molecular complexity index is 1120. The first-order valence-electron chi connectivity index (χ1n) is 9.24. The van der Waals surface area contributed by atoms with Gasteiger partial charge in [-0.2, -0.15) is 0 Å². The van der Waals surface area contributed by atoms with Crippen LogP contribution in [-0.4, -0.2) is 27.1 Å². The monoisotopic (exact) mass is 356 g/mol. The number of nitrogens with zero attached hydrogens (tertiary/aromatic N) is 2. The molecule has 0 aliphatic heterocycles. The minimum absolute atomic E-state index is 0.109. The van der Waals surface area contributed by atoms with Gasteiger partial charge < -0.3 is 10.0 Å². The molecule has 27 heavy (non-hydrogen) atoms. The molecule has 2 aromatic heterocycles. The van der Waals surface area contributed by atoms with Gasteiger partial charge in [-0.25, -0.2) is 0 Å². The molecule has 0 unspecified atom stereocenters. The van der Waals surface area contributed by atoms with Gasteiger partial charge in [-0.1, -0.05) is 39.8 Å². The predicted molar refractivity (Wildman–Crippen MR) is 107 cm³/mol. The Balaban J connectivity index is 1.80. The number of pyridine rings is 2. The minimum atomic E-state index is -1.51. The Kier molecular flexibility index (Phi) is 3.12. The molecule has 1 aromatic carbocycles. The van der Waals surface area contributed by atoms with Gasteiger partial charge in [0.2, 0.25) is 0 Å². The first kappa shape index (κ1) is 16.7. The van der Waals surface area contributed by atoms with E-state index in [1.54, 1.807) is 6.20 Å². The Morgan fingerprint density at radius 3 is 2.00 bits per heavy atom. The molecular formula is C22H21BN2O2. The highest BCUT2D eigenvalue weighted by atomic mass is 16.4. The molecule has 0 bridgehead atoms. The van der Waals surface area contributed by atoms with Crippen molar-refractivity contribution in [2.24, 2.45) is 0 Å². The summed E-state index contributed by atoms with van der Waals surface area (Å²) in [4.78, 5) is 9.28. The third kappa shape index (κ3) is 2.01. The van der Waals surface area contributed by atoms with Crippen LogP contribution in [0.25, 0.3) is 22.5 Å². The highest BCUT2D eigenvalue weighted by Gasteiger charge is 2.42. The fraction of sp³-hybridized carbons (Fsp3) is 0.273. The molecule has 3 aromatic rings. The second-order valence-electron chi connectivity index (χ2n) is 8.63. The summed E-state index contributed by atoms with van der Waals surface area (Å²) in [6.07, 6.45) is 3.41. The SMILES string of the molecule is CC1(C)c2cc3c(cc2-c2ncccc21)C(C)(C)c1cc(B(O)O)cnc1-3. The Labute approximate surface area is 159 Å². The molecule has 134 valence electrons. The van der Waals surface area contributed by atoms with Gasteiger partial charge in [-0.15, -0.1) is 0 Å². The standard InChI is InChI=1S/C22H21BN2O2/c1-21(2)15-6-5-7-24-19(15)13-9-17-14(10-16(13)21)20-18(22(17,3)4)8-12(11-25-20)23(26)27/h5-11,26-27H,1-4H3. The number of hydrogen-bond acceptors (Lipinski definition) is 4. The maximum atomic E-state index is 9.56. The summed E-state index contributed by atoms with van der Waals surface area (Å²) >= 11 is 0. The maximum absolute atomic E-state index is 9.56. The number of rotatable bonds is 1. The zero-order valence-electron chi connectivity index (χ0n) is 15.9. The minimum Gasteiger partial charge on any atom is -0.423 e. The molecule has 0 amide bonds. The second-order valence-corrected chi connectivity index (χ2v) is 8.63. The summed E-state index contributed by atoms with van der Waals surface area (Å²) in [6.45, 7) is 8.81. The Hall–Kier alpha value is -2.50. The molecule has 4 nitrogen and oxygen atoms in total. The van der Waals surface area contributed by atoms with Gasteiger partial charge in [0.05, 0.1) is 11.4 Å². The summed E-state index contributed by atoms with van der Waals surface area (Å²) in [7, 11) is -1.51. The van der Waals surface area contributed by atoms with Crippen molar-refractivity contribution in [3.05, 3.63) is 65.0 Å². The van der Waals surface area contributed by atoms with Crippen molar-refractivity contribution in [1.29, 1.82) is 0 Å². The summed E-state index contributed by atoms with van der Waals surface area (Å²) in [5, 5.41) is 19.1. The third-order valence-electron chi connectivity index (χ3n) is 6.38. The van der Waals surface area contributed by atoms with Crippen molar-refractivity contribution in [2.45, 2.75) is 38.5 Å². The van der Waals surface area contributed by atoms with E-state index in [2.05, 4.69) is 55.9 Å². The van der Waals surface area contributed by atoms with E-state index in [0.29, 0.717) is 5.46 Å². The van der Waals surface area contributed by atoms with Crippen LogP contribution >= 0.6 is 0 Å². The lowest BCUT2D eigenvalue weighted by atomic mass is 9.76. The van der Waals surface area contributed by atoms with E-state index in [1.165, 1.54) is 22.3 Å². The Morgan fingerprint density at radius 1 is 0.778 bits per heavy atom. The van der Waals surface area contributed by atoms with Crippen LogP contribution in [0.4, 0.5) is 0 Å². The van der Waals surface area contributed by atoms with Crippen molar-refractivity contribution < 1.29 is 10.0 Å². The normalized spacial score (nSPS) is 17.1. The zero-order chi connectivity index (χ0) is 19.1. The molecule has 0 atom stereocenters. The molecule has 5 heteroatoms. The van der Waals surface area contributed by atoms with Gasteiger partial charge in [0.1, 0.15) is 0 Å². The second kappa shape index (κ2) is 5.06. The average molecular weight is 356 g/mol. The van der Waals surface area contributed by atoms with E-state index in [1.807, 2.05) is 18.3 Å². The molecule has 5 rings (SSSR count). The molecule has 0 saturated carbocycles. The van der Waals surface area contributed by atoms with Crippen LogP contribution in [0.5, 0.6) is 0 Å². The average Bonchev–Trinajstić information content (AvgIpc) is 3.00. The molecule has 2 aliphatic rings. The van der Waals surface area contributed by atoms with Gasteiger partial charge in [0.15, 0.2) is 0 Å². The zero-order valence-corrected chi connectivity index (χ0v) is 15.9. The lowest BCUT2D eigenvalue weighted by molar-refractivity contribution is 0.425. The summed E-state index contributed by atoms with van der Waals surface area (Å²) in [5.74, 6) is 0. The predicted octanol–water partition coefficient (Wildman–Crippen LogP) is 2.77. The van der Waals surface area contributed by atoms with Crippen LogP contribution in [-0.2, 0) is 10.8 Å². The fourth-order valence-electron chi connectivity index (χ4n) is 4.75. The molecule has 0 spiro atoms. The van der Waals surface area contributed by atoms with Gasteiger partial charge in [-0.05, 0) is 40.5 Å². The van der Waals surface area contributed by atoms with Crippen molar-refractivity contribution in [2.75, 3.05) is 0 Å². The molecule has 0 radical (unpaired) electrons. The molecule has 2 N–H and O–H groups in total. The van der Waals surface area contributed by atoms with Crippen LogP contribution in [0, 0.1) is 0 Å². The van der Waals surface area contributed by atoms with Crippen LogP contribution in [0.2, 0.25) is 0 Å². The van der Waals surface area contributed by atoms with Crippen LogP contribution in [0.15, 0.2) is 42.7 Å². The van der Waals surface area contributed by atoms with Gasteiger partial charge in [0.25, 0.3) is 0 Å². The van der Waals surface area contributed by atoms with E-state index in [9.17, 15) is 10.0 Å². The summed E-state index contributed by atoms with van der Waals surface area (Å²) < 4.78 is 0. The van der Waals surface area contributed by atoms with E-state index in [4.69, 9.17) is 0 Å². The van der Waals surface area contributed by atoms with E-state index < -0.39 is 7.12 Å². The van der Waals surface area contributed by atoms with Gasteiger partial charge in [0, 0.05) is 39.8 Å². The number of hydrogen-bond donors (Lipinski definition) is 2. The van der Waals surface area contributed by atoms with Crippen LogP contribution in [0.1, 0.15) is 49.9 Å². The molecule has 2 aliphatic carbocycles. The number of aromatic nitrogens is 2. The Morgan fingerprint density at radius 2 is 1.37 bits per heavy atom. The lowest BCUT2D eigenvalue weighted by Crippen LogP contribution is -2.31. The summed E-state index contributed by atoms with van der Waals surface area (Å²) in [6, 6.07) is 10.6. The van der Waals surface area contributed by atoms with Crippen molar-refractivity contribution in [1.82, 2.24) is 9.97 Å². The highest BCUT2D eigenvalue weighted by molar-refractivity contribution is 6.58. The van der Waals surface area contributed by atoms with Gasteiger partial charge >= 0.3 is 7.12 Å². The first-order chi connectivity index (χ1) is 12.7. The van der Waals surface area contributed by atoms with E-state index in [0.717, 1.165) is 22.5 Å².